The van der Waals surface area contributed by atoms with E-state index in [1.807, 2.05) is 31.2 Å². The van der Waals surface area contributed by atoms with Crippen molar-refractivity contribution in [3.8, 4) is 0 Å². The van der Waals surface area contributed by atoms with Crippen molar-refractivity contribution in [2.75, 3.05) is 24.8 Å². The maximum absolute atomic E-state index is 11.4. The molecular weight excluding hydrogens is 356 g/mol. The summed E-state index contributed by atoms with van der Waals surface area (Å²) in [6, 6.07) is 7.74. The molecule has 0 fully saturated rings. The van der Waals surface area contributed by atoms with Crippen LogP contribution < -0.4 is 11.1 Å². The van der Waals surface area contributed by atoms with Gasteiger partial charge >= 0.3 is 5.97 Å². The minimum Gasteiger partial charge on any atom is -0.469 e. The maximum atomic E-state index is 11.4. The summed E-state index contributed by atoms with van der Waals surface area (Å²) in [4.78, 5) is 20.1. The Morgan fingerprint density at radius 3 is 2.54 bits per heavy atom. The van der Waals surface area contributed by atoms with Crippen molar-refractivity contribution in [3.05, 3.63) is 46.6 Å². The monoisotopic (exact) mass is 386 g/mol. The fourth-order valence-electron chi connectivity index (χ4n) is 3.02. The third-order valence-electron chi connectivity index (χ3n) is 4.68. The van der Waals surface area contributed by atoms with E-state index in [4.69, 9.17) is 10.5 Å². The van der Waals surface area contributed by atoms with Gasteiger partial charge in [0.2, 0.25) is 5.95 Å². The molecule has 4 N–H and O–H groups in total. The molecular formula is C21H30N4O3. The van der Waals surface area contributed by atoms with Crippen LogP contribution in [0.1, 0.15) is 48.6 Å². The van der Waals surface area contributed by atoms with Gasteiger partial charge in [-0.2, -0.15) is 4.98 Å². The summed E-state index contributed by atoms with van der Waals surface area (Å²) in [7, 11) is 1.38. The van der Waals surface area contributed by atoms with Gasteiger partial charge in [0.05, 0.1) is 26.2 Å². The number of aryl methyl sites for hydroxylation is 1. The van der Waals surface area contributed by atoms with Gasteiger partial charge in [0, 0.05) is 17.7 Å². The summed E-state index contributed by atoms with van der Waals surface area (Å²) < 4.78 is 4.70. The highest BCUT2D eigenvalue weighted by atomic mass is 16.5. The first-order chi connectivity index (χ1) is 13.5. The zero-order valence-corrected chi connectivity index (χ0v) is 16.9. The first kappa shape index (κ1) is 21.6. The second-order valence-corrected chi connectivity index (χ2v) is 6.91. The van der Waals surface area contributed by atoms with E-state index in [0.717, 1.165) is 41.6 Å². The number of benzene rings is 1. The fraction of sp³-hybridized carbons (Fsp3) is 0.476. The molecule has 1 atom stereocenters. The third kappa shape index (κ3) is 6.20. The van der Waals surface area contributed by atoms with E-state index in [9.17, 15) is 9.90 Å². The summed E-state index contributed by atoms with van der Waals surface area (Å²) in [5, 5.41) is 13.0. The van der Waals surface area contributed by atoms with E-state index in [0.29, 0.717) is 12.2 Å². The minimum atomic E-state index is -0.260. The van der Waals surface area contributed by atoms with Crippen LogP contribution in [0, 0.1) is 6.92 Å². The van der Waals surface area contributed by atoms with Gasteiger partial charge in [-0.1, -0.05) is 44.0 Å². The molecule has 0 unspecified atom stereocenters. The second-order valence-electron chi connectivity index (χ2n) is 6.91. The lowest BCUT2D eigenvalue weighted by molar-refractivity contribution is -0.139. The highest BCUT2D eigenvalue weighted by Gasteiger charge is 2.15. The molecule has 2 rings (SSSR count). The number of hydrogen-bond donors (Lipinski definition) is 3. The Morgan fingerprint density at radius 1 is 1.25 bits per heavy atom. The van der Waals surface area contributed by atoms with Crippen LogP contribution in [-0.4, -0.2) is 40.8 Å². The minimum absolute atomic E-state index is 0.0324. The van der Waals surface area contributed by atoms with Crippen LogP contribution in [0.2, 0.25) is 0 Å². The molecule has 2 aromatic rings. The molecule has 7 nitrogen and oxygen atoms in total. The van der Waals surface area contributed by atoms with E-state index >= 15 is 0 Å². The molecule has 0 bridgehead atoms. The van der Waals surface area contributed by atoms with Crippen molar-refractivity contribution < 1.29 is 14.6 Å². The topological polar surface area (TPSA) is 110 Å². The zero-order valence-electron chi connectivity index (χ0n) is 16.9. The summed E-state index contributed by atoms with van der Waals surface area (Å²) >= 11 is 0. The number of aliphatic hydroxyl groups excluding tert-OH is 1. The number of hydrogen-bond acceptors (Lipinski definition) is 7. The number of nitrogens with one attached hydrogen (secondary N) is 1. The molecule has 0 saturated heterocycles. The van der Waals surface area contributed by atoms with Gasteiger partial charge < -0.3 is 20.9 Å². The van der Waals surface area contributed by atoms with Gasteiger partial charge in [-0.05, 0) is 24.5 Å². The molecule has 152 valence electrons. The number of carbonyl (C=O) groups excluding carboxylic acids is 1. The largest absolute Gasteiger partial charge is 0.469 e. The van der Waals surface area contributed by atoms with Gasteiger partial charge in [0.25, 0.3) is 0 Å². The second kappa shape index (κ2) is 10.6. The molecule has 0 spiro atoms. The van der Waals surface area contributed by atoms with E-state index < -0.39 is 0 Å². The number of nitrogens with two attached hydrogens (primary N) is 1. The van der Waals surface area contributed by atoms with Crippen LogP contribution in [0.3, 0.4) is 0 Å². The third-order valence-corrected chi connectivity index (χ3v) is 4.68. The lowest BCUT2D eigenvalue weighted by Gasteiger charge is -2.20. The molecule has 0 aliphatic rings. The number of unbranched alkanes of at least 4 members (excludes halogenated alkanes) is 1. The number of ether oxygens (including phenoxy) is 1. The van der Waals surface area contributed by atoms with Crippen LogP contribution in [0.5, 0.6) is 0 Å². The number of nitrogen functional groups attached to an aromatic ring is 1. The first-order valence-electron chi connectivity index (χ1n) is 9.61. The fourth-order valence-corrected chi connectivity index (χ4v) is 3.02. The Labute approximate surface area is 166 Å². The Balaban J connectivity index is 2.21. The summed E-state index contributed by atoms with van der Waals surface area (Å²) in [6.45, 7) is 4.06. The van der Waals surface area contributed by atoms with E-state index in [1.165, 1.54) is 7.11 Å². The van der Waals surface area contributed by atoms with Gasteiger partial charge in [0.15, 0.2) is 0 Å². The lowest BCUT2D eigenvalue weighted by atomic mass is 10.0. The quantitative estimate of drug-likeness (QED) is 0.538. The Morgan fingerprint density at radius 2 is 1.93 bits per heavy atom. The molecule has 0 aliphatic carbocycles. The Bertz CT molecular complexity index is 778. The standard InChI is InChI=1S/C21H30N4O3/c1-4-5-6-17(13-26)24-20-18(14(2)23-21(22)25-20)11-15-7-9-16(10-8-15)12-19(27)28-3/h7-10,17,26H,4-6,11-13H2,1-3H3,(H3,22,23,24,25)/t17-/m0/s1. The molecule has 0 saturated carbocycles. The number of nitrogens with zero attached hydrogens (tertiary/aromatic N) is 2. The van der Waals surface area contributed by atoms with Crippen LogP contribution in [0.15, 0.2) is 24.3 Å². The maximum Gasteiger partial charge on any atom is 0.309 e. The van der Waals surface area contributed by atoms with E-state index in [-0.39, 0.29) is 31.0 Å². The highest BCUT2D eigenvalue weighted by molar-refractivity contribution is 5.72. The normalized spacial score (nSPS) is 11.9. The number of methoxy groups -OCH3 is 1. The molecule has 7 heteroatoms. The van der Waals surface area contributed by atoms with Crippen molar-refractivity contribution in [2.45, 2.75) is 52.0 Å². The molecule has 1 aromatic carbocycles. The number of aliphatic hydroxyl groups is 1. The molecule has 0 amide bonds. The predicted molar refractivity (Wildman–Crippen MR) is 110 cm³/mol. The van der Waals surface area contributed by atoms with Crippen molar-refractivity contribution in [3.63, 3.8) is 0 Å². The number of aromatic nitrogens is 2. The molecule has 28 heavy (non-hydrogen) atoms. The Hall–Kier alpha value is -2.67. The predicted octanol–water partition coefficient (Wildman–Crippen LogP) is 2.64. The van der Waals surface area contributed by atoms with Crippen LogP contribution >= 0.6 is 0 Å². The SMILES string of the molecule is CCCC[C@@H](CO)Nc1nc(N)nc(C)c1Cc1ccc(CC(=O)OC)cc1. The smallest absolute Gasteiger partial charge is 0.309 e. The van der Waals surface area contributed by atoms with Crippen LogP contribution in [0.4, 0.5) is 11.8 Å². The average Bonchev–Trinajstić information content (AvgIpc) is 2.68. The first-order valence-corrected chi connectivity index (χ1v) is 9.61. The molecule has 1 heterocycles. The highest BCUT2D eigenvalue weighted by Crippen LogP contribution is 2.23. The summed E-state index contributed by atoms with van der Waals surface area (Å²) in [5.74, 6) is 0.618. The molecule has 1 aromatic heterocycles. The lowest BCUT2D eigenvalue weighted by Crippen LogP contribution is -2.25. The van der Waals surface area contributed by atoms with Gasteiger partial charge in [-0.25, -0.2) is 4.98 Å². The van der Waals surface area contributed by atoms with Crippen molar-refractivity contribution in [1.29, 1.82) is 0 Å². The number of carbonyl (C=O) groups is 1. The molecule has 0 radical (unpaired) electrons. The average molecular weight is 386 g/mol. The van der Waals surface area contributed by atoms with Gasteiger partial charge in [-0.3, -0.25) is 4.79 Å². The van der Waals surface area contributed by atoms with E-state index in [1.54, 1.807) is 0 Å². The summed E-state index contributed by atoms with van der Waals surface area (Å²) in [5.41, 5.74) is 9.58. The number of rotatable bonds is 10. The van der Waals surface area contributed by atoms with Crippen molar-refractivity contribution in [2.24, 2.45) is 0 Å². The van der Waals surface area contributed by atoms with Crippen molar-refractivity contribution in [1.82, 2.24) is 9.97 Å². The molecule has 0 aliphatic heterocycles. The zero-order chi connectivity index (χ0) is 20.5. The van der Waals surface area contributed by atoms with Crippen molar-refractivity contribution >= 4 is 17.7 Å². The number of anilines is 2. The van der Waals surface area contributed by atoms with Crippen LogP contribution in [-0.2, 0) is 22.4 Å². The summed E-state index contributed by atoms with van der Waals surface area (Å²) in [6.07, 6.45) is 3.82. The Kier molecular flexibility index (Phi) is 8.19. The van der Waals surface area contributed by atoms with Gasteiger partial charge in [-0.15, -0.1) is 0 Å². The van der Waals surface area contributed by atoms with Crippen LogP contribution in [0.25, 0.3) is 0 Å². The van der Waals surface area contributed by atoms with Gasteiger partial charge in [0.1, 0.15) is 5.82 Å². The van der Waals surface area contributed by atoms with E-state index in [2.05, 4.69) is 22.2 Å². The number of esters is 1.